The summed E-state index contributed by atoms with van der Waals surface area (Å²) < 4.78 is 5.87. The summed E-state index contributed by atoms with van der Waals surface area (Å²) in [5, 5.41) is 0. The summed E-state index contributed by atoms with van der Waals surface area (Å²) in [6, 6.07) is 0. The number of piperidine rings is 1. The summed E-state index contributed by atoms with van der Waals surface area (Å²) in [7, 11) is 2.15. The lowest BCUT2D eigenvalue weighted by molar-refractivity contribution is -0.0739. The van der Waals surface area contributed by atoms with Crippen LogP contribution in [-0.2, 0) is 4.74 Å². The zero-order chi connectivity index (χ0) is 9.73. The molecule has 1 saturated heterocycles. The molecule has 3 nitrogen and oxygen atoms in total. The van der Waals surface area contributed by atoms with Crippen LogP contribution < -0.4 is 5.73 Å². The molecule has 1 rings (SSSR count). The predicted molar refractivity (Wildman–Crippen MR) is 54.8 cm³/mol. The molecule has 0 aromatic heterocycles. The Hall–Kier alpha value is -0.120. The number of rotatable bonds is 4. The SMILES string of the molecule is CCCOC1(CN)CCN(C)CC1. The van der Waals surface area contributed by atoms with Crippen LogP contribution in [0.4, 0.5) is 0 Å². The average Bonchev–Trinajstić information content (AvgIpc) is 2.18. The number of likely N-dealkylation sites (tertiary alicyclic amines) is 1. The van der Waals surface area contributed by atoms with Crippen molar-refractivity contribution in [1.29, 1.82) is 0 Å². The molecule has 13 heavy (non-hydrogen) atoms. The van der Waals surface area contributed by atoms with Gasteiger partial charge in [0.05, 0.1) is 5.60 Å². The van der Waals surface area contributed by atoms with Crippen LogP contribution >= 0.6 is 0 Å². The van der Waals surface area contributed by atoms with E-state index in [0.717, 1.165) is 39.0 Å². The van der Waals surface area contributed by atoms with E-state index in [1.54, 1.807) is 0 Å². The third kappa shape index (κ3) is 2.93. The highest BCUT2D eigenvalue weighted by Gasteiger charge is 2.32. The van der Waals surface area contributed by atoms with E-state index in [9.17, 15) is 0 Å². The highest BCUT2D eigenvalue weighted by molar-refractivity contribution is 4.87. The summed E-state index contributed by atoms with van der Waals surface area (Å²) in [5.41, 5.74) is 5.77. The molecule has 3 heteroatoms. The van der Waals surface area contributed by atoms with Gasteiger partial charge >= 0.3 is 0 Å². The van der Waals surface area contributed by atoms with E-state index in [1.165, 1.54) is 0 Å². The Morgan fingerprint density at radius 2 is 2.00 bits per heavy atom. The predicted octanol–water partition coefficient (Wildman–Crippen LogP) is 0.836. The Morgan fingerprint density at radius 3 is 2.46 bits per heavy atom. The van der Waals surface area contributed by atoms with Gasteiger partial charge in [0.25, 0.3) is 0 Å². The normalized spacial score (nSPS) is 23.3. The average molecular weight is 186 g/mol. The highest BCUT2D eigenvalue weighted by Crippen LogP contribution is 2.24. The maximum Gasteiger partial charge on any atom is 0.0828 e. The topological polar surface area (TPSA) is 38.5 Å². The molecule has 0 saturated carbocycles. The van der Waals surface area contributed by atoms with Crippen molar-refractivity contribution in [2.75, 3.05) is 33.3 Å². The van der Waals surface area contributed by atoms with Gasteiger partial charge in [-0.3, -0.25) is 0 Å². The van der Waals surface area contributed by atoms with E-state index in [2.05, 4.69) is 18.9 Å². The van der Waals surface area contributed by atoms with E-state index < -0.39 is 0 Å². The van der Waals surface area contributed by atoms with Crippen molar-refractivity contribution in [3.05, 3.63) is 0 Å². The monoisotopic (exact) mass is 186 g/mol. The first kappa shape index (κ1) is 11.0. The quantitative estimate of drug-likeness (QED) is 0.707. The van der Waals surface area contributed by atoms with Crippen molar-refractivity contribution in [2.24, 2.45) is 5.73 Å². The molecule has 0 unspecified atom stereocenters. The molecule has 0 aromatic carbocycles. The van der Waals surface area contributed by atoms with Crippen LogP contribution in [0.3, 0.4) is 0 Å². The molecule has 0 atom stereocenters. The van der Waals surface area contributed by atoms with Gasteiger partial charge in [0.15, 0.2) is 0 Å². The highest BCUT2D eigenvalue weighted by atomic mass is 16.5. The Bertz CT molecular complexity index is 136. The van der Waals surface area contributed by atoms with Gasteiger partial charge in [-0.25, -0.2) is 0 Å². The zero-order valence-corrected chi connectivity index (χ0v) is 8.88. The Labute approximate surface area is 81.2 Å². The van der Waals surface area contributed by atoms with Crippen molar-refractivity contribution < 1.29 is 4.74 Å². The summed E-state index contributed by atoms with van der Waals surface area (Å²) in [5.74, 6) is 0. The third-order valence-corrected chi connectivity index (χ3v) is 2.88. The van der Waals surface area contributed by atoms with Crippen LogP contribution in [0.15, 0.2) is 0 Å². The maximum absolute atomic E-state index is 5.87. The van der Waals surface area contributed by atoms with Crippen LogP contribution in [-0.4, -0.2) is 43.8 Å². The number of ether oxygens (including phenoxy) is 1. The molecular weight excluding hydrogens is 164 g/mol. The molecule has 1 fully saturated rings. The van der Waals surface area contributed by atoms with Gasteiger partial charge in [-0.1, -0.05) is 6.92 Å². The molecule has 2 N–H and O–H groups in total. The van der Waals surface area contributed by atoms with Crippen molar-refractivity contribution in [1.82, 2.24) is 4.90 Å². The van der Waals surface area contributed by atoms with Gasteiger partial charge in [0, 0.05) is 26.2 Å². The van der Waals surface area contributed by atoms with E-state index in [1.807, 2.05) is 0 Å². The third-order valence-electron chi connectivity index (χ3n) is 2.88. The van der Waals surface area contributed by atoms with E-state index in [0.29, 0.717) is 6.54 Å². The summed E-state index contributed by atoms with van der Waals surface area (Å²) in [6.07, 6.45) is 3.25. The van der Waals surface area contributed by atoms with Crippen LogP contribution in [0.5, 0.6) is 0 Å². The Morgan fingerprint density at radius 1 is 1.38 bits per heavy atom. The second kappa shape index (κ2) is 4.94. The standard InChI is InChI=1S/C10H22N2O/c1-3-8-13-10(9-11)4-6-12(2)7-5-10/h3-9,11H2,1-2H3. The van der Waals surface area contributed by atoms with Crippen LogP contribution in [0, 0.1) is 0 Å². The molecule has 1 heterocycles. The van der Waals surface area contributed by atoms with E-state index in [-0.39, 0.29) is 5.60 Å². The Kier molecular flexibility index (Phi) is 4.16. The second-order valence-corrected chi connectivity index (χ2v) is 4.04. The number of hydrogen-bond donors (Lipinski definition) is 1. The van der Waals surface area contributed by atoms with Gasteiger partial charge < -0.3 is 15.4 Å². The largest absolute Gasteiger partial charge is 0.374 e. The molecule has 1 aliphatic heterocycles. The lowest BCUT2D eigenvalue weighted by Gasteiger charge is -2.39. The Balaban J connectivity index is 2.40. The fraction of sp³-hybridized carbons (Fsp3) is 1.00. The van der Waals surface area contributed by atoms with Crippen LogP contribution in [0.2, 0.25) is 0 Å². The molecular formula is C10H22N2O. The molecule has 0 aliphatic carbocycles. The second-order valence-electron chi connectivity index (χ2n) is 4.04. The van der Waals surface area contributed by atoms with Crippen molar-refractivity contribution in [3.63, 3.8) is 0 Å². The zero-order valence-electron chi connectivity index (χ0n) is 8.88. The number of nitrogens with two attached hydrogens (primary N) is 1. The minimum atomic E-state index is -0.0114. The van der Waals surface area contributed by atoms with Crippen molar-refractivity contribution in [3.8, 4) is 0 Å². The fourth-order valence-electron chi connectivity index (χ4n) is 1.75. The number of nitrogens with zero attached hydrogens (tertiary/aromatic N) is 1. The first-order chi connectivity index (χ1) is 6.22. The molecule has 0 aromatic rings. The summed E-state index contributed by atoms with van der Waals surface area (Å²) in [6.45, 7) is 5.88. The number of hydrogen-bond acceptors (Lipinski definition) is 3. The maximum atomic E-state index is 5.87. The molecule has 0 amide bonds. The summed E-state index contributed by atoms with van der Waals surface area (Å²) in [4.78, 5) is 2.34. The van der Waals surface area contributed by atoms with Crippen LogP contribution in [0.25, 0.3) is 0 Å². The van der Waals surface area contributed by atoms with Gasteiger partial charge in [0.2, 0.25) is 0 Å². The first-order valence-corrected chi connectivity index (χ1v) is 5.25. The fourth-order valence-corrected chi connectivity index (χ4v) is 1.75. The smallest absolute Gasteiger partial charge is 0.0828 e. The molecule has 78 valence electrons. The van der Waals surface area contributed by atoms with E-state index >= 15 is 0 Å². The van der Waals surface area contributed by atoms with Gasteiger partial charge in [-0.15, -0.1) is 0 Å². The minimum absolute atomic E-state index is 0.0114. The molecule has 1 aliphatic rings. The van der Waals surface area contributed by atoms with Gasteiger partial charge in [-0.05, 0) is 26.3 Å². The van der Waals surface area contributed by atoms with Gasteiger partial charge in [0.1, 0.15) is 0 Å². The first-order valence-electron chi connectivity index (χ1n) is 5.25. The van der Waals surface area contributed by atoms with Crippen molar-refractivity contribution in [2.45, 2.75) is 31.8 Å². The molecule has 0 spiro atoms. The summed E-state index contributed by atoms with van der Waals surface area (Å²) >= 11 is 0. The van der Waals surface area contributed by atoms with E-state index in [4.69, 9.17) is 10.5 Å². The lowest BCUT2D eigenvalue weighted by Crippen LogP contribution is -2.49. The molecule has 0 radical (unpaired) electrons. The molecule has 0 bridgehead atoms. The van der Waals surface area contributed by atoms with Gasteiger partial charge in [-0.2, -0.15) is 0 Å². The van der Waals surface area contributed by atoms with Crippen LogP contribution in [0.1, 0.15) is 26.2 Å². The minimum Gasteiger partial charge on any atom is -0.374 e. The van der Waals surface area contributed by atoms with Crippen molar-refractivity contribution >= 4 is 0 Å². The lowest BCUT2D eigenvalue weighted by atomic mass is 9.91.